The van der Waals surface area contributed by atoms with Crippen LogP contribution in [-0.2, 0) is 9.53 Å². The van der Waals surface area contributed by atoms with E-state index in [1.54, 1.807) is 6.92 Å². The van der Waals surface area contributed by atoms with Gasteiger partial charge in [0.25, 0.3) is 0 Å². The maximum absolute atomic E-state index is 10.8. The van der Waals surface area contributed by atoms with Crippen LogP contribution in [0.15, 0.2) is 0 Å². The second kappa shape index (κ2) is 5.83. The number of hydrogen-bond acceptors (Lipinski definition) is 3. The highest BCUT2D eigenvalue weighted by Crippen LogP contribution is 2.38. The van der Waals surface area contributed by atoms with Crippen LogP contribution in [0.3, 0.4) is 0 Å². The Labute approximate surface area is 104 Å². The zero-order chi connectivity index (χ0) is 13.1. The lowest BCUT2D eigenvalue weighted by Gasteiger charge is -2.41. The molecule has 1 aliphatic carbocycles. The average Bonchev–Trinajstić information content (AvgIpc) is 2.29. The fourth-order valence-corrected chi connectivity index (χ4v) is 2.63. The van der Waals surface area contributed by atoms with E-state index < -0.39 is 17.7 Å². The summed E-state index contributed by atoms with van der Waals surface area (Å²) in [5.41, 5.74) is 5.38. The minimum absolute atomic E-state index is 0.412. The maximum atomic E-state index is 10.8. The van der Waals surface area contributed by atoms with Crippen LogP contribution in [0, 0.1) is 11.8 Å². The van der Waals surface area contributed by atoms with Crippen molar-refractivity contribution in [2.75, 3.05) is 6.54 Å². The van der Waals surface area contributed by atoms with Gasteiger partial charge >= 0.3 is 5.97 Å². The van der Waals surface area contributed by atoms with E-state index in [1.807, 2.05) is 0 Å². The Bertz CT molecular complexity index is 257. The minimum Gasteiger partial charge on any atom is -0.479 e. The van der Waals surface area contributed by atoms with Crippen molar-refractivity contribution in [3.8, 4) is 0 Å². The minimum atomic E-state index is -0.913. The van der Waals surface area contributed by atoms with E-state index >= 15 is 0 Å². The predicted molar refractivity (Wildman–Crippen MR) is 66.8 cm³/mol. The van der Waals surface area contributed by atoms with Crippen molar-refractivity contribution < 1.29 is 14.6 Å². The molecule has 0 bridgehead atoms. The van der Waals surface area contributed by atoms with Gasteiger partial charge in [0.2, 0.25) is 0 Å². The first-order chi connectivity index (χ1) is 7.90. The summed E-state index contributed by atoms with van der Waals surface area (Å²) in [6.07, 6.45) is 3.16. The molecule has 0 heterocycles. The maximum Gasteiger partial charge on any atom is 0.332 e. The molecule has 1 aliphatic rings. The highest BCUT2D eigenvalue weighted by Gasteiger charge is 2.38. The molecule has 0 radical (unpaired) electrons. The Morgan fingerprint density at radius 3 is 2.29 bits per heavy atom. The highest BCUT2D eigenvalue weighted by atomic mass is 16.5. The number of nitrogens with two attached hydrogens (primary N) is 1. The quantitative estimate of drug-likeness (QED) is 0.775. The molecule has 0 aromatic carbocycles. The van der Waals surface area contributed by atoms with Gasteiger partial charge in [-0.3, -0.25) is 0 Å². The molecule has 1 rings (SSSR count). The summed E-state index contributed by atoms with van der Waals surface area (Å²) in [5.74, 6) is 0.491. The number of ether oxygens (including phenoxy) is 1. The Balaban J connectivity index is 2.58. The molecule has 0 spiro atoms. The molecule has 100 valence electrons. The van der Waals surface area contributed by atoms with Gasteiger partial charge in [-0.25, -0.2) is 4.79 Å². The monoisotopic (exact) mass is 243 g/mol. The number of hydrogen-bond donors (Lipinski definition) is 2. The van der Waals surface area contributed by atoms with E-state index in [9.17, 15) is 4.79 Å². The molecular weight excluding hydrogens is 218 g/mol. The van der Waals surface area contributed by atoms with Crippen molar-refractivity contribution in [2.24, 2.45) is 17.6 Å². The summed E-state index contributed by atoms with van der Waals surface area (Å²) >= 11 is 0. The van der Waals surface area contributed by atoms with E-state index in [0.29, 0.717) is 12.5 Å². The SMILES string of the molecule is CC(OC1(CN)CCC(C(C)C)CC1)C(=O)O. The van der Waals surface area contributed by atoms with Crippen LogP contribution in [-0.4, -0.2) is 29.3 Å². The van der Waals surface area contributed by atoms with E-state index in [4.69, 9.17) is 15.6 Å². The van der Waals surface area contributed by atoms with Gasteiger partial charge in [0.15, 0.2) is 6.10 Å². The highest BCUT2D eigenvalue weighted by molar-refractivity contribution is 5.71. The molecule has 1 fully saturated rings. The van der Waals surface area contributed by atoms with Gasteiger partial charge in [-0.2, -0.15) is 0 Å². The van der Waals surface area contributed by atoms with Crippen molar-refractivity contribution in [2.45, 2.75) is 58.2 Å². The van der Waals surface area contributed by atoms with Crippen LogP contribution in [0.2, 0.25) is 0 Å². The van der Waals surface area contributed by atoms with Gasteiger partial charge in [0, 0.05) is 6.54 Å². The van der Waals surface area contributed by atoms with Crippen molar-refractivity contribution in [3.63, 3.8) is 0 Å². The standard InChI is InChI=1S/C13H25NO3/c1-9(2)11-4-6-13(8-14,7-5-11)17-10(3)12(15)16/h9-11H,4-8,14H2,1-3H3,(H,15,16). The first-order valence-corrected chi connectivity index (χ1v) is 6.51. The van der Waals surface area contributed by atoms with Gasteiger partial charge in [0.1, 0.15) is 0 Å². The Morgan fingerprint density at radius 1 is 1.41 bits per heavy atom. The third-order valence-corrected chi connectivity index (χ3v) is 4.03. The van der Waals surface area contributed by atoms with Crippen molar-refractivity contribution in [1.82, 2.24) is 0 Å². The van der Waals surface area contributed by atoms with Crippen LogP contribution in [0.25, 0.3) is 0 Å². The fraction of sp³-hybridized carbons (Fsp3) is 0.923. The molecular formula is C13H25NO3. The summed E-state index contributed by atoms with van der Waals surface area (Å²) in [4.78, 5) is 10.8. The molecule has 4 heteroatoms. The van der Waals surface area contributed by atoms with Gasteiger partial charge in [-0.1, -0.05) is 13.8 Å². The molecule has 0 aliphatic heterocycles. The summed E-state index contributed by atoms with van der Waals surface area (Å²) in [7, 11) is 0. The Kier molecular flexibility index (Phi) is 4.95. The lowest BCUT2D eigenvalue weighted by Crippen LogP contribution is -2.47. The molecule has 1 unspecified atom stereocenters. The third-order valence-electron chi connectivity index (χ3n) is 4.03. The Morgan fingerprint density at radius 2 is 1.94 bits per heavy atom. The summed E-state index contributed by atoms with van der Waals surface area (Å²) < 4.78 is 5.69. The topological polar surface area (TPSA) is 72.5 Å². The van der Waals surface area contributed by atoms with Crippen LogP contribution >= 0.6 is 0 Å². The largest absolute Gasteiger partial charge is 0.479 e. The van der Waals surface area contributed by atoms with Crippen molar-refractivity contribution in [1.29, 1.82) is 0 Å². The number of rotatable bonds is 5. The second-order valence-corrected chi connectivity index (χ2v) is 5.57. The average molecular weight is 243 g/mol. The number of aliphatic carboxylic acids is 1. The molecule has 0 aromatic heterocycles. The van der Waals surface area contributed by atoms with Gasteiger partial charge in [0.05, 0.1) is 5.60 Å². The van der Waals surface area contributed by atoms with Gasteiger partial charge < -0.3 is 15.6 Å². The van der Waals surface area contributed by atoms with Gasteiger partial charge in [-0.15, -0.1) is 0 Å². The van der Waals surface area contributed by atoms with Crippen LogP contribution in [0.5, 0.6) is 0 Å². The molecule has 4 nitrogen and oxygen atoms in total. The Hall–Kier alpha value is -0.610. The zero-order valence-electron chi connectivity index (χ0n) is 11.1. The second-order valence-electron chi connectivity index (χ2n) is 5.57. The van der Waals surface area contributed by atoms with Crippen molar-refractivity contribution in [3.05, 3.63) is 0 Å². The first kappa shape index (κ1) is 14.5. The lowest BCUT2D eigenvalue weighted by molar-refractivity contribution is -0.166. The van der Waals surface area contributed by atoms with E-state index in [1.165, 1.54) is 0 Å². The van der Waals surface area contributed by atoms with Crippen LogP contribution < -0.4 is 5.73 Å². The zero-order valence-corrected chi connectivity index (χ0v) is 11.1. The molecule has 1 atom stereocenters. The molecule has 17 heavy (non-hydrogen) atoms. The molecule has 3 N–H and O–H groups in total. The fourth-order valence-electron chi connectivity index (χ4n) is 2.63. The van der Waals surface area contributed by atoms with Crippen LogP contribution in [0.4, 0.5) is 0 Å². The summed E-state index contributed by atoms with van der Waals surface area (Å²) in [5, 5.41) is 8.90. The number of carboxylic acids is 1. The molecule has 0 aromatic rings. The van der Waals surface area contributed by atoms with Crippen LogP contribution in [0.1, 0.15) is 46.5 Å². The number of carbonyl (C=O) groups is 1. The van der Waals surface area contributed by atoms with E-state index in [2.05, 4.69) is 13.8 Å². The predicted octanol–water partition coefficient (Wildman–Crippen LogP) is 2.02. The molecule has 0 saturated heterocycles. The van der Waals surface area contributed by atoms with Gasteiger partial charge in [-0.05, 0) is 44.4 Å². The summed E-state index contributed by atoms with van der Waals surface area (Å²) in [6, 6.07) is 0. The lowest BCUT2D eigenvalue weighted by atomic mass is 9.74. The smallest absolute Gasteiger partial charge is 0.332 e. The number of carboxylic acid groups (broad SMARTS) is 1. The summed E-state index contributed by atoms with van der Waals surface area (Å²) in [6.45, 7) is 6.46. The molecule has 1 saturated carbocycles. The van der Waals surface area contributed by atoms with Crippen molar-refractivity contribution >= 4 is 5.97 Å². The molecule has 0 amide bonds. The normalized spacial score (nSPS) is 31.5. The van der Waals surface area contributed by atoms with E-state index in [0.717, 1.165) is 31.6 Å². The van der Waals surface area contributed by atoms with E-state index in [-0.39, 0.29) is 0 Å². The first-order valence-electron chi connectivity index (χ1n) is 6.51. The third kappa shape index (κ3) is 3.68.